The number of hydrogen-bond acceptors (Lipinski definition) is 6. The quantitative estimate of drug-likeness (QED) is 0.245. The third-order valence-corrected chi connectivity index (χ3v) is 5.73. The largest absolute Gasteiger partial charge is 0.335 e. The van der Waals surface area contributed by atoms with Crippen LogP contribution in [0.15, 0.2) is 71.9 Å². The van der Waals surface area contributed by atoms with Crippen LogP contribution < -0.4 is 0 Å². The lowest BCUT2D eigenvalue weighted by molar-refractivity contribution is 0.445. The van der Waals surface area contributed by atoms with E-state index in [9.17, 15) is 4.39 Å². The van der Waals surface area contributed by atoms with Crippen LogP contribution >= 0.6 is 0 Å². The maximum Gasteiger partial charge on any atom is 0.159 e. The molecule has 2 N–H and O–H groups in total. The van der Waals surface area contributed by atoms with Crippen molar-refractivity contribution in [3.8, 4) is 22.6 Å². The van der Waals surface area contributed by atoms with Crippen molar-refractivity contribution < 1.29 is 4.39 Å². The Hall–Kier alpha value is -4.50. The Morgan fingerprint density at radius 1 is 1.11 bits per heavy atom. The van der Waals surface area contributed by atoms with Gasteiger partial charge in [-0.25, -0.2) is 9.37 Å². The van der Waals surface area contributed by atoms with Gasteiger partial charge in [0, 0.05) is 41.7 Å². The normalized spacial score (nSPS) is 12.7. The summed E-state index contributed by atoms with van der Waals surface area (Å²) in [5, 5.41) is 8.53. The third kappa shape index (κ3) is 4.56. The first-order valence-electron chi connectivity index (χ1n) is 11.3. The van der Waals surface area contributed by atoms with Crippen LogP contribution in [0.2, 0.25) is 0 Å². The van der Waals surface area contributed by atoms with Gasteiger partial charge >= 0.3 is 0 Å². The highest BCUT2D eigenvalue weighted by atomic mass is 19.1. The SMILES string of the molecule is C=N/C=C(\C=C(/C)CN(C)C)c1ccc2[nH]nc(-c3nc4c(-c5cncc(F)c5)cncc4[nH]3)c2c1. The van der Waals surface area contributed by atoms with E-state index >= 15 is 0 Å². The van der Waals surface area contributed by atoms with E-state index in [2.05, 4.69) is 60.8 Å². The molecule has 0 saturated carbocycles. The number of rotatable bonds is 7. The highest BCUT2D eigenvalue weighted by Gasteiger charge is 2.16. The molecule has 180 valence electrons. The highest BCUT2D eigenvalue weighted by molar-refractivity contribution is 5.97. The molecule has 9 heteroatoms. The van der Waals surface area contributed by atoms with Gasteiger partial charge in [0.1, 0.15) is 17.0 Å². The number of fused-ring (bicyclic) bond motifs is 2. The van der Waals surface area contributed by atoms with Crippen LogP contribution in [0.5, 0.6) is 0 Å². The molecular formula is C27H25FN8. The number of hydrogen-bond donors (Lipinski definition) is 2. The van der Waals surface area contributed by atoms with Gasteiger partial charge in [-0.2, -0.15) is 5.10 Å². The molecular weight excluding hydrogens is 455 g/mol. The number of H-pyrrole nitrogens is 2. The molecule has 1 aromatic carbocycles. The maximum absolute atomic E-state index is 13.8. The van der Waals surface area contributed by atoms with Crippen molar-refractivity contribution in [3.63, 3.8) is 0 Å². The molecule has 0 aliphatic rings. The summed E-state index contributed by atoms with van der Waals surface area (Å²) in [4.78, 5) is 22.5. The molecule has 5 rings (SSSR count). The van der Waals surface area contributed by atoms with Crippen LogP contribution in [0, 0.1) is 5.82 Å². The summed E-state index contributed by atoms with van der Waals surface area (Å²) < 4.78 is 13.8. The fourth-order valence-electron chi connectivity index (χ4n) is 4.29. The van der Waals surface area contributed by atoms with Crippen molar-refractivity contribution in [1.82, 2.24) is 35.0 Å². The minimum atomic E-state index is -0.418. The number of benzene rings is 1. The van der Waals surface area contributed by atoms with Crippen LogP contribution in [0.4, 0.5) is 4.39 Å². The Morgan fingerprint density at radius 2 is 1.94 bits per heavy atom. The lowest BCUT2D eigenvalue weighted by atomic mass is 10.0. The molecule has 4 aromatic heterocycles. The first kappa shape index (κ1) is 23.3. The van der Waals surface area contributed by atoms with Gasteiger partial charge in [0.2, 0.25) is 0 Å². The summed E-state index contributed by atoms with van der Waals surface area (Å²) in [5.74, 6) is 0.164. The van der Waals surface area contributed by atoms with Gasteiger partial charge in [-0.1, -0.05) is 17.7 Å². The van der Waals surface area contributed by atoms with Crippen molar-refractivity contribution >= 4 is 34.2 Å². The molecule has 0 saturated heterocycles. The topological polar surface area (TPSA) is 98.7 Å². The molecule has 0 atom stereocenters. The molecule has 0 unspecified atom stereocenters. The lowest BCUT2D eigenvalue weighted by Gasteiger charge is -2.11. The van der Waals surface area contributed by atoms with Gasteiger partial charge in [-0.15, -0.1) is 0 Å². The molecule has 0 radical (unpaired) electrons. The van der Waals surface area contributed by atoms with Crippen LogP contribution in [0.25, 0.3) is 50.2 Å². The Balaban J connectivity index is 1.60. The van der Waals surface area contributed by atoms with Crippen molar-refractivity contribution in [1.29, 1.82) is 0 Å². The van der Waals surface area contributed by atoms with Gasteiger partial charge in [0.25, 0.3) is 0 Å². The predicted octanol–water partition coefficient (Wildman–Crippen LogP) is 5.25. The number of aromatic nitrogens is 6. The second-order valence-electron chi connectivity index (χ2n) is 8.89. The fourth-order valence-corrected chi connectivity index (χ4v) is 4.29. The number of aliphatic imine (C=N–C) groups is 1. The van der Waals surface area contributed by atoms with Crippen LogP contribution in [0.3, 0.4) is 0 Å². The monoisotopic (exact) mass is 480 g/mol. The molecule has 0 fully saturated rings. The Labute approximate surface area is 207 Å². The van der Waals surface area contributed by atoms with Crippen molar-refractivity contribution in [2.45, 2.75) is 6.92 Å². The first-order valence-corrected chi connectivity index (χ1v) is 11.3. The Kier molecular flexibility index (Phi) is 6.22. The number of aromatic amines is 2. The maximum atomic E-state index is 13.8. The van der Waals surface area contributed by atoms with E-state index in [1.165, 1.54) is 17.8 Å². The van der Waals surface area contributed by atoms with E-state index in [-0.39, 0.29) is 0 Å². The van der Waals surface area contributed by atoms with E-state index in [1.807, 2.05) is 26.2 Å². The minimum Gasteiger partial charge on any atom is -0.335 e. The molecule has 0 spiro atoms. The van der Waals surface area contributed by atoms with Crippen LogP contribution in [-0.4, -0.2) is 62.4 Å². The predicted molar refractivity (Wildman–Crippen MR) is 142 cm³/mol. The molecule has 4 heterocycles. The van der Waals surface area contributed by atoms with Crippen molar-refractivity contribution in [3.05, 3.63) is 78.3 Å². The number of nitrogens with zero attached hydrogens (tertiary/aromatic N) is 6. The van der Waals surface area contributed by atoms with Gasteiger partial charge in [0.05, 0.1) is 23.4 Å². The number of allylic oxidation sites excluding steroid dienone is 2. The zero-order chi connectivity index (χ0) is 25.2. The zero-order valence-corrected chi connectivity index (χ0v) is 20.2. The zero-order valence-electron chi connectivity index (χ0n) is 20.2. The molecule has 8 nitrogen and oxygen atoms in total. The summed E-state index contributed by atoms with van der Waals surface area (Å²) >= 11 is 0. The number of nitrogens with one attached hydrogen (secondary N) is 2. The molecule has 0 bridgehead atoms. The summed E-state index contributed by atoms with van der Waals surface area (Å²) in [5.41, 5.74) is 7.36. The van der Waals surface area contributed by atoms with E-state index in [0.29, 0.717) is 28.2 Å². The van der Waals surface area contributed by atoms with E-state index < -0.39 is 5.82 Å². The van der Waals surface area contributed by atoms with E-state index in [4.69, 9.17) is 4.98 Å². The van der Waals surface area contributed by atoms with Gasteiger partial charge < -0.3 is 9.88 Å². The Bertz CT molecular complexity index is 1640. The molecule has 0 amide bonds. The summed E-state index contributed by atoms with van der Waals surface area (Å²) in [6, 6.07) is 7.49. The van der Waals surface area contributed by atoms with E-state index in [1.54, 1.807) is 24.8 Å². The summed E-state index contributed by atoms with van der Waals surface area (Å²) in [6.07, 6.45) is 9.98. The minimum absolute atomic E-state index is 0.418. The smallest absolute Gasteiger partial charge is 0.159 e. The van der Waals surface area contributed by atoms with E-state index in [0.717, 1.165) is 34.1 Å². The second-order valence-corrected chi connectivity index (χ2v) is 8.89. The molecule has 0 aliphatic heterocycles. The van der Waals surface area contributed by atoms with Gasteiger partial charge in [-0.05, 0) is 57.1 Å². The summed E-state index contributed by atoms with van der Waals surface area (Å²) in [7, 11) is 4.07. The highest BCUT2D eigenvalue weighted by Crippen LogP contribution is 2.32. The molecule has 5 aromatic rings. The van der Waals surface area contributed by atoms with Crippen LogP contribution in [0.1, 0.15) is 12.5 Å². The fraction of sp³-hybridized carbons (Fsp3) is 0.148. The average Bonchev–Trinajstić information content (AvgIpc) is 3.46. The second kappa shape index (κ2) is 9.63. The number of likely N-dealkylation sites (N-methyl/N-ethyl adjacent to an activating group) is 1. The number of halogens is 1. The lowest BCUT2D eigenvalue weighted by Crippen LogP contribution is -2.13. The van der Waals surface area contributed by atoms with Crippen LogP contribution in [-0.2, 0) is 0 Å². The van der Waals surface area contributed by atoms with Crippen molar-refractivity contribution in [2.24, 2.45) is 4.99 Å². The van der Waals surface area contributed by atoms with Gasteiger partial charge in [0.15, 0.2) is 5.82 Å². The molecule has 36 heavy (non-hydrogen) atoms. The summed E-state index contributed by atoms with van der Waals surface area (Å²) in [6.45, 7) is 6.57. The standard InChI is InChI=1S/C27H25FN8/c1-16(15-36(3)4)7-18(10-29-2)17-5-6-23-21(9-17)26(35-34-23)27-32-24-14-31-13-22(25(24)33-27)19-8-20(28)12-30-11-19/h5-14H,2,15H2,1,3-4H3,(H,32,33)(H,34,35)/b16-7+,18-10+. The van der Waals surface area contributed by atoms with Crippen molar-refractivity contribution in [2.75, 3.05) is 20.6 Å². The average molecular weight is 481 g/mol. The number of imidazole rings is 1. The Morgan fingerprint density at radius 3 is 2.72 bits per heavy atom. The first-order chi connectivity index (χ1) is 17.4. The van der Waals surface area contributed by atoms with Gasteiger partial charge in [-0.3, -0.25) is 20.1 Å². The molecule has 0 aliphatic carbocycles. The third-order valence-electron chi connectivity index (χ3n) is 5.73. The number of pyridine rings is 2.